The van der Waals surface area contributed by atoms with Gasteiger partial charge in [0.25, 0.3) is 0 Å². The molecular weight excluding hydrogens is 358 g/mol. The Kier molecular flexibility index (Phi) is 9.07. The van der Waals surface area contributed by atoms with Gasteiger partial charge in [0.15, 0.2) is 11.5 Å². The molecule has 0 bridgehead atoms. The number of aliphatic hydroxyl groups is 1. The summed E-state index contributed by atoms with van der Waals surface area (Å²) in [5.41, 5.74) is 2.12. The minimum Gasteiger partial charge on any atom is -0.493 e. The highest BCUT2D eigenvalue weighted by Crippen LogP contribution is 2.28. The topological polar surface area (TPSA) is 60.4 Å². The maximum Gasteiger partial charge on any atom is 0.161 e. The summed E-state index contributed by atoms with van der Waals surface area (Å²) in [5, 5.41) is 10.5. The number of hydrogen-bond acceptors (Lipinski definition) is 6. The maximum absolute atomic E-state index is 10.5. The lowest BCUT2D eigenvalue weighted by Crippen LogP contribution is -2.37. The van der Waals surface area contributed by atoms with Crippen molar-refractivity contribution in [2.75, 3.05) is 47.6 Å². The van der Waals surface area contributed by atoms with E-state index in [0.29, 0.717) is 37.7 Å². The third kappa shape index (κ3) is 6.71. The standard InChI is InChI=1S/C22H31NO5/c1-17-7-5-6-8-20(17)28-16-19(24)15-23(11-12-25-2)14-18-9-10-21(26-3)22(13-18)27-4/h5-10,13,19,24H,11-12,14-16H2,1-4H3/t19-/m0/s1. The molecule has 2 rings (SSSR count). The fourth-order valence-corrected chi connectivity index (χ4v) is 2.95. The third-order valence-corrected chi connectivity index (χ3v) is 4.46. The van der Waals surface area contributed by atoms with E-state index in [9.17, 15) is 5.11 Å². The van der Waals surface area contributed by atoms with Gasteiger partial charge in [-0.1, -0.05) is 24.3 Å². The maximum atomic E-state index is 10.5. The first-order valence-corrected chi connectivity index (χ1v) is 9.36. The van der Waals surface area contributed by atoms with Crippen LogP contribution in [0.5, 0.6) is 17.2 Å². The molecule has 6 nitrogen and oxygen atoms in total. The molecule has 2 aromatic rings. The number of hydrogen-bond donors (Lipinski definition) is 1. The first-order valence-electron chi connectivity index (χ1n) is 9.36. The predicted octanol–water partition coefficient (Wildman–Crippen LogP) is 2.90. The van der Waals surface area contributed by atoms with E-state index in [2.05, 4.69) is 4.90 Å². The smallest absolute Gasteiger partial charge is 0.161 e. The minimum atomic E-state index is -0.614. The highest BCUT2D eigenvalue weighted by molar-refractivity contribution is 5.42. The van der Waals surface area contributed by atoms with Gasteiger partial charge >= 0.3 is 0 Å². The predicted molar refractivity (Wildman–Crippen MR) is 109 cm³/mol. The Bertz CT molecular complexity index is 722. The molecule has 0 amide bonds. The van der Waals surface area contributed by atoms with Crippen LogP contribution in [0.3, 0.4) is 0 Å². The highest BCUT2D eigenvalue weighted by Gasteiger charge is 2.15. The number of rotatable bonds is 12. The Hall–Kier alpha value is -2.28. The Morgan fingerprint density at radius 3 is 2.39 bits per heavy atom. The van der Waals surface area contributed by atoms with Gasteiger partial charge in [-0.25, -0.2) is 0 Å². The van der Waals surface area contributed by atoms with Crippen LogP contribution in [-0.2, 0) is 11.3 Å². The van der Waals surface area contributed by atoms with E-state index < -0.39 is 6.10 Å². The van der Waals surface area contributed by atoms with Crippen molar-refractivity contribution in [2.45, 2.75) is 19.6 Å². The molecule has 0 saturated carbocycles. The minimum absolute atomic E-state index is 0.236. The molecule has 2 aromatic carbocycles. The Morgan fingerprint density at radius 2 is 1.71 bits per heavy atom. The molecule has 0 fully saturated rings. The van der Waals surface area contributed by atoms with E-state index >= 15 is 0 Å². The fourth-order valence-electron chi connectivity index (χ4n) is 2.95. The van der Waals surface area contributed by atoms with E-state index in [4.69, 9.17) is 18.9 Å². The van der Waals surface area contributed by atoms with Gasteiger partial charge < -0.3 is 24.1 Å². The van der Waals surface area contributed by atoms with Crippen LogP contribution in [0.15, 0.2) is 42.5 Å². The molecular formula is C22H31NO5. The van der Waals surface area contributed by atoms with E-state index in [1.165, 1.54) is 0 Å². The first-order chi connectivity index (χ1) is 13.6. The van der Waals surface area contributed by atoms with Gasteiger partial charge in [0, 0.05) is 26.7 Å². The molecule has 0 saturated heterocycles. The molecule has 28 heavy (non-hydrogen) atoms. The Morgan fingerprint density at radius 1 is 0.964 bits per heavy atom. The van der Waals surface area contributed by atoms with Crippen LogP contribution in [0.4, 0.5) is 0 Å². The fraction of sp³-hybridized carbons (Fsp3) is 0.455. The molecule has 0 aliphatic carbocycles. The zero-order chi connectivity index (χ0) is 20.4. The number of benzene rings is 2. The molecule has 0 spiro atoms. The summed E-state index contributed by atoms with van der Waals surface area (Å²) in [7, 11) is 4.91. The quantitative estimate of drug-likeness (QED) is 0.602. The van der Waals surface area contributed by atoms with Crippen molar-refractivity contribution in [2.24, 2.45) is 0 Å². The second-order valence-electron chi connectivity index (χ2n) is 6.65. The number of para-hydroxylation sites is 1. The van der Waals surface area contributed by atoms with Crippen molar-refractivity contribution in [3.05, 3.63) is 53.6 Å². The molecule has 0 aliphatic rings. The van der Waals surface area contributed by atoms with E-state index in [-0.39, 0.29) is 6.61 Å². The summed E-state index contributed by atoms with van der Waals surface area (Å²) in [6.07, 6.45) is -0.614. The average molecular weight is 389 g/mol. The van der Waals surface area contributed by atoms with Gasteiger partial charge in [0.05, 0.1) is 20.8 Å². The second kappa shape index (κ2) is 11.5. The lowest BCUT2D eigenvalue weighted by molar-refractivity contribution is 0.0540. The summed E-state index contributed by atoms with van der Waals surface area (Å²) in [6.45, 7) is 4.64. The average Bonchev–Trinajstić information content (AvgIpc) is 2.71. The van der Waals surface area contributed by atoms with Crippen molar-refractivity contribution in [1.82, 2.24) is 4.90 Å². The molecule has 0 unspecified atom stereocenters. The van der Waals surface area contributed by atoms with Gasteiger partial charge in [-0.3, -0.25) is 4.90 Å². The van der Waals surface area contributed by atoms with Crippen molar-refractivity contribution in [1.29, 1.82) is 0 Å². The second-order valence-corrected chi connectivity index (χ2v) is 6.65. The molecule has 1 N–H and O–H groups in total. The Labute approximate surface area is 167 Å². The van der Waals surface area contributed by atoms with Crippen molar-refractivity contribution >= 4 is 0 Å². The number of ether oxygens (including phenoxy) is 4. The zero-order valence-corrected chi connectivity index (χ0v) is 17.2. The summed E-state index contributed by atoms with van der Waals surface area (Å²) in [5.74, 6) is 2.18. The molecule has 0 radical (unpaired) electrons. The van der Waals surface area contributed by atoms with Crippen LogP contribution in [0.2, 0.25) is 0 Å². The van der Waals surface area contributed by atoms with E-state index in [0.717, 1.165) is 16.9 Å². The first kappa shape index (κ1) is 22.0. The van der Waals surface area contributed by atoms with Crippen LogP contribution in [0, 0.1) is 6.92 Å². The Balaban J connectivity index is 1.97. The number of methoxy groups -OCH3 is 3. The third-order valence-electron chi connectivity index (χ3n) is 4.46. The summed E-state index contributed by atoms with van der Waals surface area (Å²) in [4.78, 5) is 2.14. The van der Waals surface area contributed by atoms with E-state index in [1.807, 2.05) is 49.4 Å². The summed E-state index contributed by atoms with van der Waals surface area (Å²) >= 11 is 0. The summed E-state index contributed by atoms with van der Waals surface area (Å²) < 4.78 is 21.7. The van der Waals surface area contributed by atoms with Gasteiger partial charge in [0.1, 0.15) is 18.5 Å². The van der Waals surface area contributed by atoms with Gasteiger partial charge in [0.2, 0.25) is 0 Å². The van der Waals surface area contributed by atoms with Crippen molar-refractivity contribution < 1.29 is 24.1 Å². The van der Waals surface area contributed by atoms with Crippen LogP contribution < -0.4 is 14.2 Å². The monoisotopic (exact) mass is 389 g/mol. The lowest BCUT2D eigenvalue weighted by Gasteiger charge is -2.25. The van der Waals surface area contributed by atoms with Gasteiger partial charge in [-0.15, -0.1) is 0 Å². The van der Waals surface area contributed by atoms with Crippen molar-refractivity contribution in [3.8, 4) is 17.2 Å². The number of aryl methyl sites for hydroxylation is 1. The summed E-state index contributed by atoms with van der Waals surface area (Å²) in [6, 6.07) is 13.6. The molecule has 6 heteroatoms. The molecule has 154 valence electrons. The van der Waals surface area contributed by atoms with Crippen LogP contribution in [0.1, 0.15) is 11.1 Å². The van der Waals surface area contributed by atoms with Gasteiger partial charge in [-0.2, -0.15) is 0 Å². The molecule has 0 aromatic heterocycles. The lowest BCUT2D eigenvalue weighted by atomic mass is 10.1. The normalized spacial score (nSPS) is 12.1. The zero-order valence-electron chi connectivity index (χ0n) is 17.2. The molecule has 1 atom stereocenters. The molecule has 0 heterocycles. The largest absolute Gasteiger partial charge is 0.493 e. The van der Waals surface area contributed by atoms with Crippen LogP contribution in [0.25, 0.3) is 0 Å². The van der Waals surface area contributed by atoms with Crippen LogP contribution in [-0.4, -0.2) is 63.7 Å². The number of aliphatic hydroxyl groups excluding tert-OH is 1. The SMILES string of the molecule is COCCN(Cc1ccc(OC)c(OC)c1)C[C@H](O)COc1ccccc1C. The highest BCUT2D eigenvalue weighted by atomic mass is 16.5. The van der Waals surface area contributed by atoms with Crippen molar-refractivity contribution in [3.63, 3.8) is 0 Å². The van der Waals surface area contributed by atoms with Gasteiger partial charge in [-0.05, 0) is 36.2 Å². The number of nitrogens with zero attached hydrogens (tertiary/aromatic N) is 1. The molecule has 0 aliphatic heterocycles. The van der Waals surface area contributed by atoms with E-state index in [1.54, 1.807) is 21.3 Å². The van der Waals surface area contributed by atoms with Crippen LogP contribution >= 0.6 is 0 Å².